The number of nitrogens with zero attached hydrogens (tertiary/aromatic N) is 1. The molecule has 0 aromatic heterocycles. The molecule has 0 spiro atoms. The second kappa shape index (κ2) is 8.10. The van der Waals surface area contributed by atoms with Gasteiger partial charge in [0, 0.05) is 19.6 Å². The van der Waals surface area contributed by atoms with Crippen molar-refractivity contribution in [1.29, 1.82) is 0 Å². The summed E-state index contributed by atoms with van der Waals surface area (Å²) in [5.41, 5.74) is 1.94. The zero-order valence-electron chi connectivity index (χ0n) is 14.1. The predicted molar refractivity (Wildman–Crippen MR) is 89.5 cm³/mol. The number of hydrogen-bond acceptors (Lipinski definition) is 5. The van der Waals surface area contributed by atoms with E-state index in [1.165, 1.54) is 7.11 Å². The Labute approximate surface area is 138 Å². The van der Waals surface area contributed by atoms with Crippen molar-refractivity contribution >= 4 is 10.0 Å². The SMILES string of the molecule is COc1cc(C)c(C)cc1S(=O)(=O)NCCCN1CCOCC1. The predicted octanol–water partition coefficient (Wildman–Crippen LogP) is 1.31. The quantitative estimate of drug-likeness (QED) is 0.757. The maximum atomic E-state index is 12.5. The summed E-state index contributed by atoms with van der Waals surface area (Å²) in [4.78, 5) is 2.49. The molecule has 1 heterocycles. The van der Waals surface area contributed by atoms with Gasteiger partial charge in [-0.2, -0.15) is 0 Å². The largest absolute Gasteiger partial charge is 0.495 e. The standard InChI is InChI=1S/C16H26N2O4S/c1-13-11-15(21-3)16(12-14(13)2)23(19,20)17-5-4-6-18-7-9-22-10-8-18/h11-12,17H,4-10H2,1-3H3. The summed E-state index contributed by atoms with van der Waals surface area (Å²) >= 11 is 0. The Kier molecular flexibility index (Phi) is 6.41. The lowest BCUT2D eigenvalue weighted by molar-refractivity contribution is 0.0376. The summed E-state index contributed by atoms with van der Waals surface area (Å²) in [6, 6.07) is 3.43. The van der Waals surface area contributed by atoms with Crippen LogP contribution in [0.25, 0.3) is 0 Å². The molecule has 23 heavy (non-hydrogen) atoms. The lowest BCUT2D eigenvalue weighted by atomic mass is 10.1. The minimum absolute atomic E-state index is 0.203. The molecule has 1 aliphatic heterocycles. The van der Waals surface area contributed by atoms with E-state index in [-0.39, 0.29) is 4.90 Å². The van der Waals surface area contributed by atoms with Crippen LogP contribution in [0, 0.1) is 13.8 Å². The van der Waals surface area contributed by atoms with Crippen molar-refractivity contribution in [1.82, 2.24) is 9.62 Å². The van der Waals surface area contributed by atoms with Crippen LogP contribution in [0.3, 0.4) is 0 Å². The molecule has 7 heteroatoms. The smallest absolute Gasteiger partial charge is 0.244 e. The lowest BCUT2D eigenvalue weighted by Crippen LogP contribution is -2.38. The second-order valence-corrected chi connectivity index (χ2v) is 7.53. The van der Waals surface area contributed by atoms with Crippen LogP contribution in [-0.2, 0) is 14.8 Å². The highest BCUT2D eigenvalue weighted by Crippen LogP contribution is 2.27. The molecule has 0 aliphatic carbocycles. The summed E-state index contributed by atoms with van der Waals surface area (Å²) < 4.78 is 38.2. The van der Waals surface area contributed by atoms with E-state index in [0.717, 1.165) is 50.4 Å². The highest BCUT2D eigenvalue weighted by molar-refractivity contribution is 7.89. The molecule has 1 aromatic carbocycles. The van der Waals surface area contributed by atoms with E-state index >= 15 is 0 Å². The molecule has 2 rings (SSSR count). The van der Waals surface area contributed by atoms with E-state index in [0.29, 0.717) is 12.3 Å². The summed E-state index contributed by atoms with van der Waals surface area (Å²) in [6.07, 6.45) is 0.770. The molecule has 6 nitrogen and oxygen atoms in total. The summed E-state index contributed by atoms with van der Waals surface area (Å²) in [5.74, 6) is 0.383. The van der Waals surface area contributed by atoms with E-state index in [2.05, 4.69) is 9.62 Å². The van der Waals surface area contributed by atoms with Crippen LogP contribution in [0.5, 0.6) is 5.75 Å². The van der Waals surface area contributed by atoms with E-state index in [9.17, 15) is 8.42 Å². The first-order chi connectivity index (χ1) is 10.9. The molecule has 1 fully saturated rings. The van der Waals surface area contributed by atoms with Crippen LogP contribution in [0.2, 0.25) is 0 Å². The van der Waals surface area contributed by atoms with E-state index in [4.69, 9.17) is 9.47 Å². The fourth-order valence-electron chi connectivity index (χ4n) is 2.54. The van der Waals surface area contributed by atoms with Crippen LogP contribution >= 0.6 is 0 Å². The second-order valence-electron chi connectivity index (χ2n) is 5.79. The van der Waals surface area contributed by atoms with Gasteiger partial charge in [0.1, 0.15) is 10.6 Å². The minimum Gasteiger partial charge on any atom is -0.495 e. The van der Waals surface area contributed by atoms with Gasteiger partial charge in [0.15, 0.2) is 0 Å². The fourth-order valence-corrected chi connectivity index (χ4v) is 3.85. The average Bonchev–Trinajstić information content (AvgIpc) is 2.54. The number of morpholine rings is 1. The highest BCUT2D eigenvalue weighted by atomic mass is 32.2. The number of sulfonamides is 1. The molecule has 0 atom stereocenters. The van der Waals surface area contributed by atoms with Crippen molar-refractivity contribution < 1.29 is 17.9 Å². The van der Waals surface area contributed by atoms with Crippen molar-refractivity contribution in [3.8, 4) is 5.75 Å². The van der Waals surface area contributed by atoms with Crippen molar-refractivity contribution in [3.63, 3.8) is 0 Å². The van der Waals surface area contributed by atoms with Gasteiger partial charge < -0.3 is 9.47 Å². The van der Waals surface area contributed by atoms with Gasteiger partial charge in [-0.15, -0.1) is 0 Å². The Morgan fingerprint density at radius 2 is 1.87 bits per heavy atom. The zero-order valence-corrected chi connectivity index (χ0v) is 14.9. The molecule has 0 unspecified atom stereocenters. The van der Waals surface area contributed by atoms with Crippen molar-refractivity contribution in [2.24, 2.45) is 0 Å². The van der Waals surface area contributed by atoms with Gasteiger partial charge in [0.25, 0.3) is 0 Å². The third kappa shape index (κ3) is 4.91. The van der Waals surface area contributed by atoms with Crippen LogP contribution in [0.15, 0.2) is 17.0 Å². The van der Waals surface area contributed by atoms with E-state index < -0.39 is 10.0 Å². The molecule has 1 N–H and O–H groups in total. The number of methoxy groups -OCH3 is 1. The van der Waals surface area contributed by atoms with Crippen LogP contribution in [-0.4, -0.2) is 59.8 Å². The van der Waals surface area contributed by atoms with Crippen LogP contribution in [0.4, 0.5) is 0 Å². The Hall–Kier alpha value is -1.15. The Morgan fingerprint density at radius 1 is 1.22 bits per heavy atom. The minimum atomic E-state index is -3.56. The Morgan fingerprint density at radius 3 is 2.52 bits per heavy atom. The summed E-state index contributed by atoms with van der Waals surface area (Å²) in [5, 5.41) is 0. The first kappa shape index (κ1) is 18.2. The van der Waals surface area contributed by atoms with Gasteiger partial charge in [-0.3, -0.25) is 4.90 Å². The molecule has 0 radical (unpaired) electrons. The number of rotatable bonds is 7. The van der Waals surface area contributed by atoms with Gasteiger partial charge in [-0.1, -0.05) is 0 Å². The first-order valence-corrected chi connectivity index (χ1v) is 9.37. The van der Waals surface area contributed by atoms with Crippen LogP contribution in [0.1, 0.15) is 17.5 Å². The maximum Gasteiger partial charge on any atom is 0.244 e. The molecule has 0 bridgehead atoms. The zero-order chi connectivity index (χ0) is 16.9. The summed E-state index contributed by atoms with van der Waals surface area (Å²) in [7, 11) is -2.08. The van der Waals surface area contributed by atoms with E-state index in [1.54, 1.807) is 12.1 Å². The van der Waals surface area contributed by atoms with Gasteiger partial charge in [-0.05, 0) is 50.1 Å². The molecule has 0 saturated carbocycles. The first-order valence-electron chi connectivity index (χ1n) is 7.89. The third-order valence-corrected chi connectivity index (χ3v) is 5.60. The number of hydrogen-bond donors (Lipinski definition) is 1. The number of ether oxygens (including phenoxy) is 2. The van der Waals surface area contributed by atoms with Crippen LogP contribution < -0.4 is 9.46 Å². The molecule has 1 saturated heterocycles. The van der Waals surface area contributed by atoms with Crippen molar-refractivity contribution in [2.45, 2.75) is 25.2 Å². The number of nitrogens with one attached hydrogen (secondary N) is 1. The van der Waals surface area contributed by atoms with Gasteiger partial charge in [-0.25, -0.2) is 13.1 Å². The third-order valence-electron chi connectivity index (χ3n) is 4.12. The van der Waals surface area contributed by atoms with Gasteiger partial charge in [0.2, 0.25) is 10.0 Å². The monoisotopic (exact) mass is 342 g/mol. The normalized spacial score (nSPS) is 16.5. The molecule has 130 valence electrons. The molecule has 1 aliphatic rings. The summed E-state index contributed by atoms with van der Waals surface area (Å²) in [6.45, 7) is 8.45. The fraction of sp³-hybridized carbons (Fsp3) is 0.625. The topological polar surface area (TPSA) is 67.9 Å². The molecular formula is C16H26N2O4S. The highest BCUT2D eigenvalue weighted by Gasteiger charge is 2.20. The Balaban J connectivity index is 1.94. The maximum absolute atomic E-state index is 12.5. The Bertz CT molecular complexity index is 625. The lowest BCUT2D eigenvalue weighted by Gasteiger charge is -2.26. The van der Waals surface area contributed by atoms with E-state index in [1.807, 2.05) is 13.8 Å². The van der Waals surface area contributed by atoms with Crippen molar-refractivity contribution in [3.05, 3.63) is 23.3 Å². The average molecular weight is 342 g/mol. The molecule has 1 aromatic rings. The molecule has 0 amide bonds. The van der Waals surface area contributed by atoms with Crippen molar-refractivity contribution in [2.75, 3.05) is 46.5 Å². The molecular weight excluding hydrogens is 316 g/mol. The number of benzene rings is 1. The number of aryl methyl sites for hydroxylation is 2. The van der Waals surface area contributed by atoms with Gasteiger partial charge >= 0.3 is 0 Å². The van der Waals surface area contributed by atoms with Gasteiger partial charge in [0.05, 0.1) is 20.3 Å².